The molecule has 0 aliphatic heterocycles. The summed E-state index contributed by atoms with van der Waals surface area (Å²) in [6.07, 6.45) is 4.86. The lowest BCUT2D eigenvalue weighted by Crippen LogP contribution is -2.29. The van der Waals surface area contributed by atoms with Gasteiger partial charge in [0.15, 0.2) is 0 Å². The molecule has 2 aromatic rings. The molecular weight excluding hydrogens is 456 g/mol. The molecule has 0 unspecified atom stereocenters. The lowest BCUT2D eigenvalue weighted by atomic mass is 9.78. The highest BCUT2D eigenvalue weighted by molar-refractivity contribution is 7.98. The molecule has 0 radical (unpaired) electrons. The Kier molecular flexibility index (Phi) is 10.9. The molecule has 0 saturated carbocycles. The van der Waals surface area contributed by atoms with E-state index in [1.807, 2.05) is 56.5 Å². The topological polar surface area (TPSA) is 117 Å². The number of thioether (sulfide) groups is 1. The van der Waals surface area contributed by atoms with E-state index in [4.69, 9.17) is 19.8 Å². The first-order valence-corrected chi connectivity index (χ1v) is 12.1. The van der Waals surface area contributed by atoms with Crippen molar-refractivity contribution in [2.45, 2.75) is 37.7 Å². The molecule has 0 aliphatic carbocycles. The van der Waals surface area contributed by atoms with Crippen LogP contribution in [0.2, 0.25) is 0 Å². The Hall–Kier alpha value is -3.01. The van der Waals surface area contributed by atoms with E-state index in [9.17, 15) is 9.59 Å². The number of anilines is 1. The van der Waals surface area contributed by atoms with Gasteiger partial charge in [0.05, 0.1) is 6.61 Å². The lowest BCUT2D eigenvalue weighted by Gasteiger charge is -2.34. The monoisotopic (exact) mass is 488 g/mol. The van der Waals surface area contributed by atoms with E-state index in [1.165, 1.54) is 6.08 Å². The molecule has 0 aliphatic rings. The maximum atomic E-state index is 12.8. The largest absolute Gasteiger partial charge is 0.491 e. The van der Waals surface area contributed by atoms with Crippen LogP contribution in [0.25, 0.3) is 0 Å². The number of ether oxygens (including phenoxy) is 2. The number of hydrogen-bond donors (Lipinski definition) is 4. The van der Waals surface area contributed by atoms with Crippen molar-refractivity contribution in [3.63, 3.8) is 0 Å². The maximum absolute atomic E-state index is 12.8. The van der Waals surface area contributed by atoms with Gasteiger partial charge in [0, 0.05) is 22.1 Å². The zero-order valence-electron chi connectivity index (χ0n) is 19.6. The quantitative estimate of drug-likeness (QED) is 0.145. The highest BCUT2D eigenvalue weighted by Gasteiger charge is 2.34. The van der Waals surface area contributed by atoms with Crippen LogP contribution >= 0.6 is 11.8 Å². The highest BCUT2D eigenvalue weighted by atomic mass is 32.2. The zero-order chi connectivity index (χ0) is 25.0. The van der Waals surface area contributed by atoms with Crippen molar-refractivity contribution in [1.29, 1.82) is 0 Å². The van der Waals surface area contributed by atoms with Gasteiger partial charge in [-0.2, -0.15) is 0 Å². The van der Waals surface area contributed by atoms with Crippen molar-refractivity contribution in [3.05, 3.63) is 66.2 Å². The van der Waals surface area contributed by atoms with Crippen molar-refractivity contribution < 1.29 is 29.4 Å². The van der Waals surface area contributed by atoms with Gasteiger partial charge in [0.2, 0.25) is 0 Å². The third kappa shape index (κ3) is 8.74. The highest BCUT2D eigenvalue weighted by Crippen LogP contribution is 2.41. The summed E-state index contributed by atoms with van der Waals surface area (Å²) in [5.41, 5.74) is 2.48. The van der Waals surface area contributed by atoms with Crippen LogP contribution < -0.4 is 15.5 Å². The SMILES string of the molecule is CSc1ccc(NC(=O)O[C@H](c2ccc(OCCO)cc2)C(C)(C)CC/C=C/C(=O)NO)cc1. The molecule has 2 aromatic carbocycles. The second-order valence-corrected chi connectivity index (χ2v) is 9.07. The summed E-state index contributed by atoms with van der Waals surface area (Å²) in [5.74, 6) is 0.00147. The van der Waals surface area contributed by atoms with Crippen LogP contribution in [0, 0.1) is 5.41 Å². The van der Waals surface area contributed by atoms with Crippen LogP contribution in [-0.4, -0.2) is 41.8 Å². The van der Waals surface area contributed by atoms with Crippen LogP contribution in [0.1, 0.15) is 38.4 Å². The van der Waals surface area contributed by atoms with E-state index in [0.29, 0.717) is 24.3 Å². The van der Waals surface area contributed by atoms with Gasteiger partial charge >= 0.3 is 6.09 Å². The van der Waals surface area contributed by atoms with Crippen molar-refractivity contribution in [3.8, 4) is 5.75 Å². The fourth-order valence-corrected chi connectivity index (χ4v) is 3.73. The lowest BCUT2D eigenvalue weighted by molar-refractivity contribution is -0.124. The third-order valence-corrected chi connectivity index (χ3v) is 5.89. The summed E-state index contributed by atoms with van der Waals surface area (Å²) in [5, 5.41) is 20.3. The number of allylic oxidation sites excluding steroid dienone is 1. The minimum absolute atomic E-state index is 0.0829. The molecule has 0 heterocycles. The van der Waals surface area contributed by atoms with Gasteiger partial charge < -0.3 is 14.6 Å². The Morgan fingerprint density at radius 2 is 1.79 bits per heavy atom. The number of aliphatic hydroxyl groups excluding tert-OH is 1. The van der Waals surface area contributed by atoms with E-state index >= 15 is 0 Å². The number of benzene rings is 2. The number of aliphatic hydroxyl groups is 1. The molecule has 0 saturated heterocycles. The average Bonchev–Trinajstić information content (AvgIpc) is 2.84. The first-order valence-electron chi connectivity index (χ1n) is 10.8. The number of carbonyl (C=O) groups excluding carboxylic acids is 2. The molecule has 8 nitrogen and oxygen atoms in total. The molecule has 4 N–H and O–H groups in total. The van der Waals surface area contributed by atoms with Gasteiger partial charge in [-0.1, -0.05) is 32.1 Å². The number of carbonyl (C=O) groups is 2. The summed E-state index contributed by atoms with van der Waals surface area (Å²) in [7, 11) is 0. The second kappa shape index (κ2) is 13.6. The molecule has 34 heavy (non-hydrogen) atoms. The smallest absolute Gasteiger partial charge is 0.412 e. The fourth-order valence-electron chi connectivity index (χ4n) is 3.32. The van der Waals surface area contributed by atoms with Crippen molar-refractivity contribution in [1.82, 2.24) is 5.48 Å². The predicted molar refractivity (Wildman–Crippen MR) is 132 cm³/mol. The van der Waals surface area contributed by atoms with Crippen LogP contribution in [0.15, 0.2) is 65.6 Å². The molecule has 184 valence electrons. The first-order chi connectivity index (χ1) is 16.3. The molecule has 2 amide bonds. The van der Waals surface area contributed by atoms with Gasteiger partial charge in [-0.15, -0.1) is 11.8 Å². The number of amides is 2. The summed E-state index contributed by atoms with van der Waals surface area (Å²) in [6.45, 7) is 4.07. The third-order valence-electron chi connectivity index (χ3n) is 5.15. The Morgan fingerprint density at radius 3 is 2.38 bits per heavy atom. The summed E-state index contributed by atoms with van der Waals surface area (Å²) >= 11 is 1.61. The van der Waals surface area contributed by atoms with Crippen molar-refractivity contribution >= 4 is 29.4 Å². The van der Waals surface area contributed by atoms with Crippen molar-refractivity contribution in [2.24, 2.45) is 5.41 Å². The summed E-state index contributed by atoms with van der Waals surface area (Å²) in [4.78, 5) is 25.1. The van der Waals surface area contributed by atoms with Gasteiger partial charge in [0.25, 0.3) is 5.91 Å². The Morgan fingerprint density at radius 1 is 1.12 bits per heavy atom. The molecule has 2 rings (SSSR count). The van der Waals surface area contributed by atoms with Gasteiger partial charge in [-0.3, -0.25) is 15.3 Å². The standard InChI is InChI=1S/C25H32N2O6S/c1-25(2,15-5-4-6-22(29)27-31)23(18-7-11-20(12-8-18)32-17-16-28)33-24(30)26-19-9-13-21(34-3)14-10-19/h4,6-14,23,28,31H,5,15-17H2,1-3H3,(H,26,30)(H,27,29)/b6-4+/t23-/m1/s1. The van der Waals surface area contributed by atoms with E-state index in [0.717, 1.165) is 10.5 Å². The number of rotatable bonds is 12. The number of nitrogens with one attached hydrogen (secondary N) is 2. The minimum Gasteiger partial charge on any atom is -0.491 e. The Labute approximate surface area is 204 Å². The molecule has 0 fully saturated rings. The number of hydrogen-bond acceptors (Lipinski definition) is 7. The van der Waals surface area contributed by atoms with Crippen LogP contribution in [0.4, 0.5) is 10.5 Å². The Bertz CT molecular complexity index is 945. The van der Waals surface area contributed by atoms with Gasteiger partial charge in [-0.05, 0) is 61.1 Å². The van der Waals surface area contributed by atoms with E-state index in [2.05, 4.69) is 5.32 Å². The zero-order valence-corrected chi connectivity index (χ0v) is 20.4. The maximum Gasteiger partial charge on any atom is 0.412 e. The molecule has 0 bridgehead atoms. The summed E-state index contributed by atoms with van der Waals surface area (Å²) in [6, 6.07) is 14.7. The second-order valence-electron chi connectivity index (χ2n) is 8.19. The fraction of sp³-hybridized carbons (Fsp3) is 0.360. The van der Waals surface area contributed by atoms with Crippen LogP contribution in [0.5, 0.6) is 5.75 Å². The van der Waals surface area contributed by atoms with E-state index < -0.39 is 23.5 Å². The normalized spacial score (nSPS) is 12.3. The molecule has 9 heteroatoms. The average molecular weight is 489 g/mol. The number of hydroxylamine groups is 1. The summed E-state index contributed by atoms with van der Waals surface area (Å²) < 4.78 is 11.3. The molecule has 0 spiro atoms. The van der Waals surface area contributed by atoms with Crippen LogP contribution in [-0.2, 0) is 9.53 Å². The predicted octanol–water partition coefficient (Wildman–Crippen LogP) is 4.94. The molecular formula is C25H32N2O6S. The first kappa shape index (κ1) is 27.2. The molecule has 1 atom stereocenters. The van der Waals surface area contributed by atoms with Crippen LogP contribution in [0.3, 0.4) is 0 Å². The Balaban J connectivity index is 2.18. The molecule has 0 aromatic heterocycles. The van der Waals surface area contributed by atoms with Crippen molar-refractivity contribution in [2.75, 3.05) is 24.8 Å². The van der Waals surface area contributed by atoms with Gasteiger partial charge in [0.1, 0.15) is 18.5 Å². The van der Waals surface area contributed by atoms with E-state index in [1.54, 1.807) is 35.5 Å². The minimum atomic E-state index is -0.601. The van der Waals surface area contributed by atoms with Gasteiger partial charge in [-0.25, -0.2) is 10.3 Å². The van der Waals surface area contributed by atoms with E-state index in [-0.39, 0.29) is 13.2 Å².